The number of ether oxygens (including phenoxy) is 1. The third-order valence-corrected chi connectivity index (χ3v) is 4.37. The topological polar surface area (TPSA) is 49.8 Å². The van der Waals surface area contributed by atoms with Gasteiger partial charge in [0.15, 0.2) is 0 Å². The lowest BCUT2D eigenvalue weighted by Crippen LogP contribution is -2.23. The van der Waals surface area contributed by atoms with E-state index in [4.69, 9.17) is 4.74 Å². The van der Waals surface area contributed by atoms with Crippen LogP contribution >= 0.6 is 0 Å². The highest BCUT2D eigenvalue weighted by atomic mass is 19.1. The average molecular weight is 315 g/mol. The minimum absolute atomic E-state index is 0.157. The number of methoxy groups -OCH3 is 1. The van der Waals surface area contributed by atoms with Crippen molar-refractivity contribution in [1.82, 2.24) is 0 Å². The third kappa shape index (κ3) is 3.13. The zero-order valence-electron chi connectivity index (χ0n) is 12.8. The molecule has 0 aromatic heterocycles. The number of carboxylic acids is 1. The summed E-state index contributed by atoms with van der Waals surface area (Å²) in [6.07, 6.45) is 0. The van der Waals surface area contributed by atoms with Crippen molar-refractivity contribution in [2.45, 2.75) is 5.92 Å². The van der Waals surface area contributed by atoms with Gasteiger partial charge in [0.1, 0.15) is 11.6 Å². The first-order valence-corrected chi connectivity index (χ1v) is 7.46. The van der Waals surface area contributed by atoms with Crippen LogP contribution in [0.3, 0.4) is 0 Å². The number of hydrogen-bond donors (Lipinski definition) is 1. The Labute approximate surface area is 134 Å². The maximum absolute atomic E-state index is 13.1. The molecule has 3 rings (SSSR count). The van der Waals surface area contributed by atoms with E-state index in [-0.39, 0.29) is 11.7 Å². The predicted molar refractivity (Wildman–Crippen MR) is 85.5 cm³/mol. The molecule has 0 spiro atoms. The summed E-state index contributed by atoms with van der Waals surface area (Å²) < 4.78 is 18.2. The van der Waals surface area contributed by atoms with E-state index in [9.17, 15) is 14.3 Å². The number of anilines is 1. The molecule has 1 aliphatic rings. The van der Waals surface area contributed by atoms with E-state index < -0.39 is 11.9 Å². The average Bonchev–Trinajstić information content (AvgIpc) is 3.01. The van der Waals surface area contributed by atoms with Crippen LogP contribution in [-0.4, -0.2) is 31.3 Å². The number of carboxylic acid groups (broad SMARTS) is 1. The standard InChI is InChI=1S/C18H18FNO3/c1-23-15-8-6-14(7-9-15)20-10-16(17(11-20)18(21)22)12-2-4-13(19)5-3-12/h2-9,16-17H,10-11H2,1H3,(H,21,22). The Morgan fingerprint density at radius 2 is 1.78 bits per heavy atom. The van der Waals surface area contributed by atoms with Gasteiger partial charge in [-0.3, -0.25) is 4.79 Å². The molecule has 23 heavy (non-hydrogen) atoms. The van der Waals surface area contributed by atoms with Crippen LogP contribution in [0.2, 0.25) is 0 Å². The molecule has 0 saturated carbocycles. The maximum Gasteiger partial charge on any atom is 0.308 e. The second-order valence-electron chi connectivity index (χ2n) is 5.71. The summed E-state index contributed by atoms with van der Waals surface area (Å²) in [7, 11) is 1.61. The van der Waals surface area contributed by atoms with Gasteiger partial charge in [-0.2, -0.15) is 0 Å². The van der Waals surface area contributed by atoms with Crippen LogP contribution < -0.4 is 9.64 Å². The highest BCUT2D eigenvalue weighted by molar-refractivity contribution is 5.74. The normalized spacial score (nSPS) is 20.5. The van der Waals surface area contributed by atoms with E-state index in [1.807, 2.05) is 29.2 Å². The van der Waals surface area contributed by atoms with Crippen molar-refractivity contribution >= 4 is 11.7 Å². The van der Waals surface area contributed by atoms with E-state index in [0.717, 1.165) is 17.0 Å². The number of rotatable bonds is 4. The first kappa shape index (κ1) is 15.3. The zero-order chi connectivity index (χ0) is 16.4. The van der Waals surface area contributed by atoms with Gasteiger partial charge in [0.25, 0.3) is 0 Å². The molecular weight excluding hydrogens is 297 g/mol. The summed E-state index contributed by atoms with van der Waals surface area (Å²) in [4.78, 5) is 13.7. The van der Waals surface area contributed by atoms with E-state index in [2.05, 4.69) is 0 Å². The van der Waals surface area contributed by atoms with E-state index >= 15 is 0 Å². The van der Waals surface area contributed by atoms with Crippen LogP contribution in [0, 0.1) is 11.7 Å². The summed E-state index contributed by atoms with van der Waals surface area (Å²) in [6, 6.07) is 13.7. The van der Waals surface area contributed by atoms with Gasteiger partial charge < -0.3 is 14.7 Å². The SMILES string of the molecule is COc1ccc(N2CC(C(=O)O)C(c3ccc(F)cc3)C2)cc1. The van der Waals surface area contributed by atoms with Gasteiger partial charge in [-0.15, -0.1) is 0 Å². The van der Waals surface area contributed by atoms with Crippen molar-refractivity contribution in [1.29, 1.82) is 0 Å². The lowest BCUT2D eigenvalue weighted by molar-refractivity contribution is -0.141. The fourth-order valence-electron chi connectivity index (χ4n) is 3.11. The number of nitrogens with zero attached hydrogens (tertiary/aromatic N) is 1. The Bertz CT molecular complexity index is 684. The minimum atomic E-state index is -0.824. The number of carbonyl (C=O) groups is 1. The van der Waals surface area contributed by atoms with Crippen molar-refractivity contribution in [2.75, 3.05) is 25.1 Å². The van der Waals surface area contributed by atoms with Crippen LogP contribution in [0.1, 0.15) is 11.5 Å². The summed E-state index contributed by atoms with van der Waals surface area (Å²) in [5.41, 5.74) is 1.82. The summed E-state index contributed by atoms with van der Waals surface area (Å²) >= 11 is 0. The second kappa shape index (κ2) is 6.28. The molecule has 0 bridgehead atoms. The molecule has 1 saturated heterocycles. The quantitative estimate of drug-likeness (QED) is 0.942. The van der Waals surface area contributed by atoms with Gasteiger partial charge in [-0.25, -0.2) is 4.39 Å². The van der Waals surface area contributed by atoms with Gasteiger partial charge in [0, 0.05) is 24.7 Å². The Kier molecular flexibility index (Phi) is 4.19. The lowest BCUT2D eigenvalue weighted by Gasteiger charge is -2.19. The summed E-state index contributed by atoms with van der Waals surface area (Å²) in [6.45, 7) is 1.03. The number of halogens is 1. The molecule has 0 radical (unpaired) electrons. The van der Waals surface area contributed by atoms with Crippen molar-refractivity contribution in [2.24, 2.45) is 5.92 Å². The van der Waals surface area contributed by atoms with Gasteiger partial charge in [-0.1, -0.05) is 12.1 Å². The van der Waals surface area contributed by atoms with Gasteiger partial charge in [-0.05, 0) is 42.0 Å². The van der Waals surface area contributed by atoms with E-state index in [1.54, 1.807) is 19.2 Å². The molecule has 2 aromatic rings. The molecule has 5 heteroatoms. The smallest absolute Gasteiger partial charge is 0.308 e. The van der Waals surface area contributed by atoms with Crippen LogP contribution in [0.25, 0.3) is 0 Å². The minimum Gasteiger partial charge on any atom is -0.497 e. The molecule has 4 nitrogen and oxygen atoms in total. The summed E-state index contributed by atoms with van der Waals surface area (Å²) in [5.74, 6) is -1.04. The van der Waals surface area contributed by atoms with Crippen molar-refractivity contribution in [3.05, 3.63) is 59.9 Å². The van der Waals surface area contributed by atoms with Gasteiger partial charge in [0.2, 0.25) is 0 Å². The van der Waals surface area contributed by atoms with Crippen LogP contribution in [0.15, 0.2) is 48.5 Å². The van der Waals surface area contributed by atoms with E-state index in [1.165, 1.54) is 12.1 Å². The van der Waals surface area contributed by atoms with Crippen molar-refractivity contribution < 1.29 is 19.0 Å². The fraction of sp³-hybridized carbons (Fsp3) is 0.278. The third-order valence-electron chi connectivity index (χ3n) is 4.37. The first-order valence-electron chi connectivity index (χ1n) is 7.46. The highest BCUT2D eigenvalue weighted by Crippen LogP contribution is 2.36. The molecule has 0 amide bonds. The largest absolute Gasteiger partial charge is 0.497 e. The maximum atomic E-state index is 13.1. The van der Waals surface area contributed by atoms with Crippen molar-refractivity contribution in [3.63, 3.8) is 0 Å². The predicted octanol–water partition coefficient (Wildman–Crippen LogP) is 3.14. The fourth-order valence-corrected chi connectivity index (χ4v) is 3.11. The molecule has 120 valence electrons. The summed E-state index contributed by atoms with van der Waals surface area (Å²) in [5, 5.41) is 9.53. The Balaban J connectivity index is 1.85. The second-order valence-corrected chi connectivity index (χ2v) is 5.71. The molecule has 2 atom stereocenters. The molecule has 1 fully saturated rings. The van der Waals surface area contributed by atoms with E-state index in [0.29, 0.717) is 13.1 Å². The molecule has 1 aliphatic heterocycles. The van der Waals surface area contributed by atoms with Crippen LogP contribution in [0.5, 0.6) is 5.75 Å². The number of aliphatic carboxylic acids is 1. The van der Waals surface area contributed by atoms with Gasteiger partial charge >= 0.3 is 5.97 Å². The molecule has 2 unspecified atom stereocenters. The van der Waals surface area contributed by atoms with Crippen LogP contribution in [0.4, 0.5) is 10.1 Å². The zero-order valence-corrected chi connectivity index (χ0v) is 12.8. The Morgan fingerprint density at radius 3 is 2.35 bits per heavy atom. The van der Waals surface area contributed by atoms with Crippen LogP contribution in [-0.2, 0) is 4.79 Å². The van der Waals surface area contributed by atoms with Crippen molar-refractivity contribution in [3.8, 4) is 5.75 Å². The molecule has 2 aromatic carbocycles. The first-order chi connectivity index (χ1) is 11.1. The number of hydrogen-bond acceptors (Lipinski definition) is 3. The molecule has 0 aliphatic carbocycles. The Hall–Kier alpha value is -2.56. The highest BCUT2D eigenvalue weighted by Gasteiger charge is 2.38. The monoisotopic (exact) mass is 315 g/mol. The van der Waals surface area contributed by atoms with Gasteiger partial charge in [0.05, 0.1) is 13.0 Å². The molecule has 1 N–H and O–H groups in total. The Morgan fingerprint density at radius 1 is 1.13 bits per heavy atom. The molecular formula is C18H18FNO3. The lowest BCUT2D eigenvalue weighted by atomic mass is 9.89. The molecule has 1 heterocycles. The number of benzene rings is 2.